The zero-order valence-electron chi connectivity index (χ0n) is 10.4. The fourth-order valence-electron chi connectivity index (χ4n) is 1.43. The third-order valence-corrected chi connectivity index (χ3v) is 2.25. The Morgan fingerprint density at radius 1 is 1.41 bits per heavy atom. The van der Waals surface area contributed by atoms with Crippen LogP contribution in [0.1, 0.15) is 25.3 Å². The monoisotopic (exact) mass is 237 g/mol. The third-order valence-electron chi connectivity index (χ3n) is 2.25. The Morgan fingerprint density at radius 3 is 2.82 bits per heavy atom. The molecule has 0 bridgehead atoms. The van der Waals surface area contributed by atoms with Crippen LogP contribution in [-0.4, -0.2) is 19.2 Å². The molecule has 0 aliphatic rings. The number of carbonyl (C=O) groups is 1. The molecule has 0 spiro atoms. The van der Waals surface area contributed by atoms with Crippen molar-refractivity contribution in [1.82, 2.24) is 0 Å². The van der Waals surface area contributed by atoms with Crippen LogP contribution in [0.15, 0.2) is 18.2 Å². The molecule has 0 amide bonds. The lowest BCUT2D eigenvalue weighted by Crippen LogP contribution is -2.07. The normalized spacial score (nSPS) is 10.0. The first-order valence-electron chi connectivity index (χ1n) is 5.78. The number of nitrogen functional groups attached to an aromatic ring is 1. The van der Waals surface area contributed by atoms with Gasteiger partial charge in [0, 0.05) is 6.42 Å². The van der Waals surface area contributed by atoms with Crippen molar-refractivity contribution >= 4 is 11.7 Å². The number of anilines is 1. The molecule has 4 heteroatoms. The van der Waals surface area contributed by atoms with Crippen LogP contribution in [0, 0.1) is 6.92 Å². The summed E-state index contributed by atoms with van der Waals surface area (Å²) in [6.45, 7) is 4.65. The number of ether oxygens (including phenoxy) is 2. The summed E-state index contributed by atoms with van der Waals surface area (Å²) in [5, 5.41) is 0. The molecule has 0 atom stereocenters. The SMILES string of the molecule is CCOC(=O)CCCOc1ccc(C)cc1N. The predicted molar refractivity (Wildman–Crippen MR) is 67.0 cm³/mol. The van der Waals surface area contributed by atoms with Crippen molar-refractivity contribution < 1.29 is 14.3 Å². The molecule has 0 radical (unpaired) electrons. The number of nitrogens with two attached hydrogens (primary N) is 1. The molecule has 0 aliphatic heterocycles. The van der Waals surface area contributed by atoms with Crippen LogP contribution in [-0.2, 0) is 9.53 Å². The second-order valence-corrected chi connectivity index (χ2v) is 3.80. The Bertz CT molecular complexity index is 377. The molecule has 0 saturated carbocycles. The molecule has 1 aromatic carbocycles. The molecule has 0 aromatic heterocycles. The van der Waals surface area contributed by atoms with Gasteiger partial charge in [0.25, 0.3) is 0 Å². The van der Waals surface area contributed by atoms with E-state index < -0.39 is 0 Å². The molecule has 0 saturated heterocycles. The first kappa shape index (κ1) is 13.4. The summed E-state index contributed by atoms with van der Waals surface area (Å²) >= 11 is 0. The third kappa shape index (κ3) is 4.76. The van der Waals surface area contributed by atoms with Gasteiger partial charge in [0.1, 0.15) is 5.75 Å². The van der Waals surface area contributed by atoms with Gasteiger partial charge in [-0.2, -0.15) is 0 Å². The maximum atomic E-state index is 11.1. The quantitative estimate of drug-likeness (QED) is 0.468. The molecule has 1 rings (SSSR count). The summed E-state index contributed by atoms with van der Waals surface area (Å²) in [6, 6.07) is 5.65. The number of rotatable bonds is 6. The van der Waals surface area contributed by atoms with Gasteiger partial charge in [0.05, 0.1) is 18.9 Å². The zero-order valence-corrected chi connectivity index (χ0v) is 10.4. The molecule has 0 unspecified atom stereocenters. The van der Waals surface area contributed by atoms with Crippen LogP contribution in [0.4, 0.5) is 5.69 Å². The molecular formula is C13H19NO3. The van der Waals surface area contributed by atoms with Gasteiger partial charge in [0.15, 0.2) is 0 Å². The Hall–Kier alpha value is -1.71. The number of benzene rings is 1. The van der Waals surface area contributed by atoms with Gasteiger partial charge < -0.3 is 15.2 Å². The van der Waals surface area contributed by atoms with Crippen LogP contribution in [0.2, 0.25) is 0 Å². The van der Waals surface area contributed by atoms with Crippen molar-refractivity contribution in [3.05, 3.63) is 23.8 Å². The lowest BCUT2D eigenvalue weighted by Gasteiger charge is -2.09. The van der Waals surface area contributed by atoms with Crippen molar-refractivity contribution in [1.29, 1.82) is 0 Å². The van der Waals surface area contributed by atoms with Crippen LogP contribution < -0.4 is 10.5 Å². The highest BCUT2D eigenvalue weighted by atomic mass is 16.5. The van der Waals surface area contributed by atoms with E-state index in [-0.39, 0.29) is 5.97 Å². The van der Waals surface area contributed by atoms with Crippen LogP contribution >= 0.6 is 0 Å². The Labute approximate surface area is 102 Å². The van der Waals surface area contributed by atoms with Crippen LogP contribution in [0.25, 0.3) is 0 Å². The molecule has 4 nitrogen and oxygen atoms in total. The Morgan fingerprint density at radius 2 is 2.18 bits per heavy atom. The molecular weight excluding hydrogens is 218 g/mol. The number of esters is 1. The zero-order chi connectivity index (χ0) is 12.7. The Balaban J connectivity index is 2.29. The summed E-state index contributed by atoms with van der Waals surface area (Å²) in [5.74, 6) is 0.479. The molecule has 17 heavy (non-hydrogen) atoms. The molecule has 0 aliphatic carbocycles. The summed E-state index contributed by atoms with van der Waals surface area (Å²) in [7, 11) is 0. The summed E-state index contributed by atoms with van der Waals surface area (Å²) in [5.41, 5.74) is 7.52. The van der Waals surface area contributed by atoms with Gasteiger partial charge >= 0.3 is 5.97 Å². The van der Waals surface area contributed by atoms with Gasteiger partial charge in [-0.25, -0.2) is 0 Å². The molecule has 2 N–H and O–H groups in total. The van der Waals surface area contributed by atoms with Gasteiger partial charge in [-0.15, -0.1) is 0 Å². The van der Waals surface area contributed by atoms with Gasteiger partial charge in [-0.3, -0.25) is 4.79 Å². The van der Waals surface area contributed by atoms with Crippen molar-refractivity contribution in [2.24, 2.45) is 0 Å². The minimum atomic E-state index is -0.187. The smallest absolute Gasteiger partial charge is 0.305 e. The van der Waals surface area contributed by atoms with E-state index in [1.165, 1.54) is 0 Å². The number of hydrogen-bond acceptors (Lipinski definition) is 4. The van der Waals surface area contributed by atoms with Crippen molar-refractivity contribution in [2.75, 3.05) is 18.9 Å². The predicted octanol–water partition coefficient (Wildman–Crippen LogP) is 2.30. The van der Waals surface area contributed by atoms with Gasteiger partial charge in [-0.1, -0.05) is 6.07 Å². The van der Waals surface area contributed by atoms with E-state index in [1.807, 2.05) is 25.1 Å². The van der Waals surface area contributed by atoms with Crippen molar-refractivity contribution in [3.63, 3.8) is 0 Å². The average Bonchev–Trinajstić information content (AvgIpc) is 2.27. The highest BCUT2D eigenvalue weighted by molar-refractivity contribution is 5.69. The minimum absolute atomic E-state index is 0.187. The van der Waals surface area contributed by atoms with E-state index in [2.05, 4.69) is 0 Å². The number of hydrogen-bond donors (Lipinski definition) is 1. The van der Waals surface area contributed by atoms with E-state index >= 15 is 0 Å². The second kappa shape index (κ2) is 6.78. The van der Waals surface area contributed by atoms with E-state index in [9.17, 15) is 4.79 Å². The summed E-state index contributed by atoms with van der Waals surface area (Å²) in [4.78, 5) is 11.1. The van der Waals surface area contributed by atoms with E-state index in [0.717, 1.165) is 5.56 Å². The van der Waals surface area contributed by atoms with E-state index in [4.69, 9.17) is 15.2 Å². The lowest BCUT2D eigenvalue weighted by atomic mass is 10.2. The second-order valence-electron chi connectivity index (χ2n) is 3.80. The number of aryl methyl sites for hydroxylation is 1. The minimum Gasteiger partial charge on any atom is -0.491 e. The highest BCUT2D eigenvalue weighted by Crippen LogP contribution is 2.22. The standard InChI is InChI=1S/C13H19NO3/c1-3-16-13(15)5-4-8-17-12-7-6-10(2)9-11(12)14/h6-7,9H,3-5,8,14H2,1-2H3. The lowest BCUT2D eigenvalue weighted by molar-refractivity contribution is -0.143. The molecule has 0 heterocycles. The highest BCUT2D eigenvalue weighted by Gasteiger charge is 2.03. The number of carbonyl (C=O) groups excluding carboxylic acids is 1. The van der Waals surface area contributed by atoms with E-state index in [1.54, 1.807) is 6.92 Å². The van der Waals surface area contributed by atoms with Crippen LogP contribution in [0.5, 0.6) is 5.75 Å². The molecule has 94 valence electrons. The molecule has 1 aromatic rings. The summed E-state index contributed by atoms with van der Waals surface area (Å²) in [6.07, 6.45) is 1.01. The van der Waals surface area contributed by atoms with Crippen LogP contribution in [0.3, 0.4) is 0 Å². The average molecular weight is 237 g/mol. The first-order chi connectivity index (χ1) is 8.13. The van der Waals surface area contributed by atoms with Gasteiger partial charge in [-0.05, 0) is 38.0 Å². The fraction of sp³-hybridized carbons (Fsp3) is 0.462. The topological polar surface area (TPSA) is 61.5 Å². The maximum Gasteiger partial charge on any atom is 0.305 e. The van der Waals surface area contributed by atoms with E-state index in [0.29, 0.717) is 37.5 Å². The maximum absolute atomic E-state index is 11.1. The van der Waals surface area contributed by atoms with Crippen molar-refractivity contribution in [3.8, 4) is 5.75 Å². The van der Waals surface area contributed by atoms with Gasteiger partial charge in [0.2, 0.25) is 0 Å². The largest absolute Gasteiger partial charge is 0.491 e. The Kier molecular flexibility index (Phi) is 5.33. The first-order valence-corrected chi connectivity index (χ1v) is 5.78. The van der Waals surface area contributed by atoms with Crippen molar-refractivity contribution in [2.45, 2.75) is 26.7 Å². The summed E-state index contributed by atoms with van der Waals surface area (Å²) < 4.78 is 10.3. The fourth-order valence-corrected chi connectivity index (χ4v) is 1.43. The molecule has 0 fully saturated rings.